The summed E-state index contributed by atoms with van der Waals surface area (Å²) in [5.74, 6) is -0.577. The molecule has 0 atom stereocenters. The first-order valence-corrected chi connectivity index (χ1v) is 8.40. The Bertz CT molecular complexity index is 930. The standard InChI is InChI=1S/C18H16N2O4S/c21-15-16(25-20(24)18(15)23)13-8-6-12(7-9-13)10-11-19-17(22)14-4-2-1-3-5-14/h1-9,21,24H,10-11H2,(H,19,22). The summed E-state index contributed by atoms with van der Waals surface area (Å²) >= 11 is 0.772. The van der Waals surface area contributed by atoms with Gasteiger partial charge in [0.25, 0.3) is 5.91 Å². The lowest BCUT2D eigenvalue weighted by atomic mass is 10.1. The maximum absolute atomic E-state index is 12.0. The minimum Gasteiger partial charge on any atom is -0.502 e. The van der Waals surface area contributed by atoms with Gasteiger partial charge in [0.05, 0.1) is 0 Å². The van der Waals surface area contributed by atoms with Gasteiger partial charge in [0.15, 0.2) is 0 Å². The lowest BCUT2D eigenvalue weighted by Gasteiger charge is -2.06. The van der Waals surface area contributed by atoms with E-state index in [2.05, 4.69) is 5.32 Å². The van der Waals surface area contributed by atoms with Crippen molar-refractivity contribution in [2.45, 2.75) is 6.42 Å². The van der Waals surface area contributed by atoms with Gasteiger partial charge in [-0.2, -0.15) is 0 Å². The number of nitrogens with zero attached hydrogens (tertiary/aromatic N) is 1. The van der Waals surface area contributed by atoms with Crippen LogP contribution in [0.1, 0.15) is 15.9 Å². The van der Waals surface area contributed by atoms with Crippen molar-refractivity contribution in [3.63, 3.8) is 0 Å². The van der Waals surface area contributed by atoms with Crippen molar-refractivity contribution >= 4 is 17.4 Å². The van der Waals surface area contributed by atoms with Crippen LogP contribution in [-0.2, 0) is 6.42 Å². The molecule has 0 aliphatic carbocycles. The summed E-state index contributed by atoms with van der Waals surface area (Å²) < 4.78 is 0.400. The van der Waals surface area contributed by atoms with Gasteiger partial charge in [-0.15, -0.1) is 0 Å². The molecule has 0 spiro atoms. The van der Waals surface area contributed by atoms with Crippen LogP contribution in [-0.4, -0.2) is 26.9 Å². The van der Waals surface area contributed by atoms with E-state index in [9.17, 15) is 19.9 Å². The summed E-state index contributed by atoms with van der Waals surface area (Å²) in [6.45, 7) is 0.499. The van der Waals surface area contributed by atoms with Crippen LogP contribution in [0.4, 0.5) is 0 Å². The number of hydrogen-bond acceptors (Lipinski definition) is 5. The van der Waals surface area contributed by atoms with Gasteiger partial charge in [-0.25, -0.2) is 0 Å². The number of amides is 1. The molecule has 0 aliphatic rings. The van der Waals surface area contributed by atoms with Crippen LogP contribution in [0.25, 0.3) is 10.4 Å². The molecule has 0 unspecified atom stereocenters. The second-order valence-electron chi connectivity index (χ2n) is 5.42. The van der Waals surface area contributed by atoms with Gasteiger partial charge in [-0.1, -0.05) is 46.6 Å². The Hall–Kier alpha value is -3.06. The van der Waals surface area contributed by atoms with E-state index in [1.807, 2.05) is 30.3 Å². The topological polar surface area (TPSA) is 91.6 Å². The van der Waals surface area contributed by atoms with E-state index in [-0.39, 0.29) is 5.91 Å². The van der Waals surface area contributed by atoms with E-state index < -0.39 is 11.3 Å². The number of hydrogen-bond donors (Lipinski definition) is 3. The Balaban J connectivity index is 1.60. The molecule has 1 amide bonds. The van der Waals surface area contributed by atoms with Crippen molar-refractivity contribution in [2.75, 3.05) is 6.54 Å². The van der Waals surface area contributed by atoms with Gasteiger partial charge in [-0.3, -0.25) is 9.59 Å². The van der Waals surface area contributed by atoms with Crippen LogP contribution in [0.3, 0.4) is 0 Å². The van der Waals surface area contributed by atoms with Gasteiger partial charge < -0.3 is 15.6 Å². The molecule has 0 saturated heterocycles. The fourth-order valence-electron chi connectivity index (χ4n) is 2.38. The fraction of sp³-hybridized carbons (Fsp3) is 0.111. The Labute approximate surface area is 147 Å². The van der Waals surface area contributed by atoms with Gasteiger partial charge in [-0.05, 0) is 41.2 Å². The Morgan fingerprint density at radius 1 is 1.08 bits per heavy atom. The minimum atomic E-state index is -0.826. The average molecular weight is 356 g/mol. The molecule has 0 aliphatic heterocycles. The number of carbonyl (C=O) groups is 1. The maximum Gasteiger partial charge on any atom is 0.336 e. The first-order chi connectivity index (χ1) is 12.1. The van der Waals surface area contributed by atoms with E-state index in [4.69, 9.17) is 0 Å². The normalized spacial score (nSPS) is 10.6. The highest BCUT2D eigenvalue weighted by molar-refractivity contribution is 7.10. The zero-order valence-electron chi connectivity index (χ0n) is 13.2. The number of aromatic hydroxyl groups is 1. The summed E-state index contributed by atoms with van der Waals surface area (Å²) in [5, 5.41) is 21.9. The molecule has 0 bridgehead atoms. The number of rotatable bonds is 5. The molecule has 7 heteroatoms. The summed E-state index contributed by atoms with van der Waals surface area (Å²) in [6, 6.07) is 16.2. The van der Waals surface area contributed by atoms with Gasteiger partial charge in [0.2, 0.25) is 5.75 Å². The molecule has 128 valence electrons. The lowest BCUT2D eigenvalue weighted by Crippen LogP contribution is -2.25. The highest BCUT2D eigenvalue weighted by atomic mass is 32.1. The monoisotopic (exact) mass is 356 g/mol. The second-order valence-corrected chi connectivity index (χ2v) is 6.35. The number of carbonyl (C=O) groups excluding carboxylic acids is 1. The lowest BCUT2D eigenvalue weighted by molar-refractivity contribution is 0.0954. The predicted octanol–water partition coefficient (Wildman–Crippen LogP) is 2.49. The fourth-order valence-corrected chi connectivity index (χ4v) is 3.14. The van der Waals surface area contributed by atoms with Crippen LogP contribution in [0.2, 0.25) is 0 Å². The van der Waals surface area contributed by atoms with Crippen LogP contribution in [0.5, 0.6) is 5.75 Å². The molecular weight excluding hydrogens is 340 g/mol. The molecule has 25 heavy (non-hydrogen) atoms. The smallest absolute Gasteiger partial charge is 0.336 e. The Morgan fingerprint density at radius 3 is 2.36 bits per heavy atom. The van der Waals surface area contributed by atoms with E-state index in [0.29, 0.717) is 33.1 Å². The van der Waals surface area contributed by atoms with E-state index in [1.165, 1.54) is 0 Å². The third kappa shape index (κ3) is 3.72. The zero-order chi connectivity index (χ0) is 17.8. The quantitative estimate of drug-likeness (QED) is 0.613. The minimum absolute atomic E-state index is 0.115. The van der Waals surface area contributed by atoms with Gasteiger partial charge in [0, 0.05) is 12.1 Å². The summed E-state index contributed by atoms with van der Waals surface area (Å²) in [4.78, 5) is 23.7. The van der Waals surface area contributed by atoms with Crippen molar-refractivity contribution in [3.8, 4) is 16.2 Å². The largest absolute Gasteiger partial charge is 0.502 e. The molecule has 6 nitrogen and oxygen atoms in total. The molecule has 1 heterocycles. The van der Waals surface area contributed by atoms with Crippen LogP contribution >= 0.6 is 11.5 Å². The molecule has 2 aromatic carbocycles. The molecule has 3 N–H and O–H groups in total. The molecule has 1 aromatic heterocycles. The van der Waals surface area contributed by atoms with Crippen LogP contribution in [0.15, 0.2) is 59.4 Å². The first kappa shape index (κ1) is 16.8. The first-order valence-electron chi connectivity index (χ1n) is 7.63. The van der Waals surface area contributed by atoms with Gasteiger partial charge in [0.1, 0.15) is 4.88 Å². The van der Waals surface area contributed by atoms with Crippen molar-refractivity contribution in [1.82, 2.24) is 9.44 Å². The van der Waals surface area contributed by atoms with Crippen LogP contribution < -0.4 is 10.9 Å². The highest BCUT2D eigenvalue weighted by Crippen LogP contribution is 2.30. The molecular formula is C18H16N2O4S. The summed E-state index contributed by atoms with van der Waals surface area (Å²) in [5.41, 5.74) is 1.45. The van der Waals surface area contributed by atoms with Crippen molar-refractivity contribution in [1.29, 1.82) is 0 Å². The van der Waals surface area contributed by atoms with Crippen LogP contribution in [0, 0.1) is 0 Å². The van der Waals surface area contributed by atoms with E-state index >= 15 is 0 Å². The Morgan fingerprint density at radius 2 is 1.76 bits per heavy atom. The molecule has 3 rings (SSSR count). The summed E-state index contributed by atoms with van der Waals surface area (Å²) in [7, 11) is 0. The molecule has 0 fully saturated rings. The molecule has 3 aromatic rings. The van der Waals surface area contributed by atoms with Crippen molar-refractivity contribution in [3.05, 3.63) is 76.1 Å². The highest BCUT2D eigenvalue weighted by Gasteiger charge is 2.15. The zero-order valence-corrected chi connectivity index (χ0v) is 14.0. The number of aromatic nitrogens is 1. The Kier molecular flexibility index (Phi) is 4.85. The number of nitrogens with one attached hydrogen (secondary N) is 1. The van der Waals surface area contributed by atoms with Crippen molar-refractivity contribution in [2.24, 2.45) is 0 Å². The third-order valence-electron chi connectivity index (χ3n) is 3.72. The molecule has 0 saturated carbocycles. The predicted molar refractivity (Wildman–Crippen MR) is 95.3 cm³/mol. The maximum atomic E-state index is 12.0. The SMILES string of the molecule is O=C(NCCc1ccc(-c2sn(O)c(=O)c2O)cc1)c1ccccc1. The van der Waals surface area contributed by atoms with Gasteiger partial charge >= 0.3 is 5.56 Å². The number of benzene rings is 2. The second kappa shape index (κ2) is 7.23. The summed E-state index contributed by atoms with van der Waals surface area (Å²) in [6.07, 6.45) is 0.655. The molecule has 0 radical (unpaired) electrons. The van der Waals surface area contributed by atoms with E-state index in [1.54, 1.807) is 24.3 Å². The van der Waals surface area contributed by atoms with E-state index in [0.717, 1.165) is 17.1 Å². The third-order valence-corrected chi connectivity index (χ3v) is 4.67. The average Bonchev–Trinajstić information content (AvgIpc) is 2.90. The van der Waals surface area contributed by atoms with Crippen molar-refractivity contribution < 1.29 is 15.1 Å².